The highest BCUT2D eigenvalue weighted by Crippen LogP contribution is 2.21. The Morgan fingerprint density at radius 3 is 2.32 bits per heavy atom. The number of rotatable bonds is 13. The molecule has 0 spiro atoms. The molecule has 112 valence electrons. The van der Waals surface area contributed by atoms with Crippen molar-refractivity contribution in [1.82, 2.24) is 5.32 Å². The van der Waals surface area contributed by atoms with Crippen molar-refractivity contribution in [3.05, 3.63) is 0 Å². The van der Waals surface area contributed by atoms with Crippen LogP contribution in [0.25, 0.3) is 0 Å². The van der Waals surface area contributed by atoms with E-state index in [0.29, 0.717) is 13.2 Å². The van der Waals surface area contributed by atoms with E-state index in [1.165, 1.54) is 0 Å². The second kappa shape index (κ2) is 12.4. The molecule has 0 aliphatic heterocycles. The third-order valence-corrected chi connectivity index (χ3v) is 3.03. The Morgan fingerprint density at radius 2 is 1.68 bits per heavy atom. The van der Waals surface area contributed by atoms with Gasteiger partial charge in [0.05, 0.1) is 24.7 Å². The average molecular weight is 270 g/mol. The largest absolute Gasteiger partial charge is 0.382 e. The Balaban J connectivity index is 3.10. The Hall–Kier alpha value is -0.630. The molecule has 0 saturated carbocycles. The molecule has 0 radical (unpaired) electrons. The first-order chi connectivity index (χ1) is 9.12. The smallest absolute Gasteiger partial charge is 0.0700 e. The molecule has 0 rings (SSSR count). The molecule has 0 aliphatic carbocycles. The lowest BCUT2D eigenvalue weighted by Crippen LogP contribution is -2.18. The SMILES string of the molecule is COCCOCCCCNCCCCC(C)(C)C#N. The molecule has 0 aromatic carbocycles. The molecule has 0 fully saturated rings. The van der Waals surface area contributed by atoms with E-state index in [-0.39, 0.29) is 5.41 Å². The number of nitrogens with zero attached hydrogens (tertiary/aromatic N) is 1. The highest BCUT2D eigenvalue weighted by atomic mass is 16.5. The van der Waals surface area contributed by atoms with Crippen LogP contribution in [-0.4, -0.2) is 40.0 Å². The molecule has 4 heteroatoms. The van der Waals surface area contributed by atoms with Gasteiger partial charge in [-0.2, -0.15) is 5.26 Å². The second-order valence-corrected chi connectivity index (χ2v) is 5.52. The van der Waals surface area contributed by atoms with E-state index in [1.54, 1.807) is 7.11 Å². The quantitative estimate of drug-likeness (QED) is 0.523. The van der Waals surface area contributed by atoms with Crippen LogP contribution in [-0.2, 0) is 9.47 Å². The van der Waals surface area contributed by atoms with Crippen molar-refractivity contribution in [2.75, 3.05) is 40.0 Å². The monoisotopic (exact) mass is 270 g/mol. The molecule has 0 saturated heterocycles. The molecule has 0 aromatic rings. The average Bonchev–Trinajstić information content (AvgIpc) is 2.40. The molecule has 0 aliphatic rings. The number of nitriles is 1. The van der Waals surface area contributed by atoms with E-state index < -0.39 is 0 Å². The Labute approximate surface area is 118 Å². The zero-order chi connectivity index (χ0) is 14.4. The minimum atomic E-state index is -0.167. The van der Waals surface area contributed by atoms with Crippen LogP contribution in [0.4, 0.5) is 0 Å². The number of methoxy groups -OCH3 is 1. The summed E-state index contributed by atoms with van der Waals surface area (Å²) >= 11 is 0. The van der Waals surface area contributed by atoms with Crippen molar-refractivity contribution in [3.8, 4) is 6.07 Å². The van der Waals surface area contributed by atoms with E-state index in [2.05, 4.69) is 11.4 Å². The van der Waals surface area contributed by atoms with Gasteiger partial charge in [-0.15, -0.1) is 0 Å². The van der Waals surface area contributed by atoms with Crippen molar-refractivity contribution in [2.45, 2.75) is 46.0 Å². The molecular formula is C15H30N2O2. The summed E-state index contributed by atoms with van der Waals surface area (Å²) in [5.74, 6) is 0. The van der Waals surface area contributed by atoms with Gasteiger partial charge < -0.3 is 14.8 Å². The lowest BCUT2D eigenvalue weighted by atomic mass is 9.89. The normalized spacial score (nSPS) is 11.5. The zero-order valence-electron chi connectivity index (χ0n) is 12.8. The first kappa shape index (κ1) is 18.4. The van der Waals surface area contributed by atoms with Gasteiger partial charge in [0.1, 0.15) is 0 Å². The summed E-state index contributed by atoms with van der Waals surface area (Å²) in [6.07, 6.45) is 5.50. The third kappa shape index (κ3) is 13.6. The molecule has 0 bridgehead atoms. The summed E-state index contributed by atoms with van der Waals surface area (Å²) in [5.41, 5.74) is -0.167. The van der Waals surface area contributed by atoms with Gasteiger partial charge in [-0.3, -0.25) is 0 Å². The minimum Gasteiger partial charge on any atom is -0.382 e. The molecule has 1 N–H and O–H groups in total. The molecule has 19 heavy (non-hydrogen) atoms. The molecular weight excluding hydrogens is 240 g/mol. The highest BCUT2D eigenvalue weighted by molar-refractivity contribution is 4.91. The lowest BCUT2D eigenvalue weighted by Gasteiger charge is -2.14. The Bertz CT molecular complexity index is 237. The number of hydrogen-bond acceptors (Lipinski definition) is 4. The van der Waals surface area contributed by atoms with Crippen molar-refractivity contribution >= 4 is 0 Å². The van der Waals surface area contributed by atoms with E-state index in [1.807, 2.05) is 13.8 Å². The van der Waals surface area contributed by atoms with Gasteiger partial charge in [0.25, 0.3) is 0 Å². The van der Waals surface area contributed by atoms with Gasteiger partial charge in [0.15, 0.2) is 0 Å². The van der Waals surface area contributed by atoms with Crippen molar-refractivity contribution in [2.24, 2.45) is 5.41 Å². The van der Waals surface area contributed by atoms with Gasteiger partial charge in [0.2, 0.25) is 0 Å². The van der Waals surface area contributed by atoms with E-state index in [0.717, 1.165) is 51.8 Å². The first-order valence-electron chi connectivity index (χ1n) is 7.31. The summed E-state index contributed by atoms with van der Waals surface area (Å²) in [4.78, 5) is 0. The van der Waals surface area contributed by atoms with Gasteiger partial charge in [-0.1, -0.05) is 6.42 Å². The summed E-state index contributed by atoms with van der Waals surface area (Å²) in [6.45, 7) is 8.30. The lowest BCUT2D eigenvalue weighted by molar-refractivity contribution is 0.0688. The maximum absolute atomic E-state index is 8.89. The van der Waals surface area contributed by atoms with Crippen LogP contribution < -0.4 is 5.32 Å². The second-order valence-electron chi connectivity index (χ2n) is 5.52. The molecule has 0 unspecified atom stereocenters. The Kier molecular flexibility index (Phi) is 12.0. The fourth-order valence-electron chi connectivity index (χ4n) is 1.70. The maximum Gasteiger partial charge on any atom is 0.0700 e. The Morgan fingerprint density at radius 1 is 1.00 bits per heavy atom. The summed E-state index contributed by atoms with van der Waals surface area (Å²) < 4.78 is 10.3. The van der Waals surface area contributed by atoms with Crippen LogP contribution in [0.2, 0.25) is 0 Å². The van der Waals surface area contributed by atoms with Crippen LogP contribution in [0, 0.1) is 16.7 Å². The topological polar surface area (TPSA) is 54.3 Å². The van der Waals surface area contributed by atoms with E-state index >= 15 is 0 Å². The number of nitrogens with one attached hydrogen (secondary N) is 1. The fraction of sp³-hybridized carbons (Fsp3) is 0.933. The number of ether oxygens (including phenoxy) is 2. The van der Waals surface area contributed by atoms with Crippen LogP contribution >= 0.6 is 0 Å². The molecule has 0 heterocycles. The van der Waals surface area contributed by atoms with Gasteiger partial charge in [0, 0.05) is 13.7 Å². The molecule has 0 aromatic heterocycles. The molecule has 4 nitrogen and oxygen atoms in total. The first-order valence-corrected chi connectivity index (χ1v) is 7.31. The van der Waals surface area contributed by atoms with Crippen molar-refractivity contribution in [3.63, 3.8) is 0 Å². The summed E-state index contributed by atoms with van der Waals surface area (Å²) in [6, 6.07) is 2.34. The van der Waals surface area contributed by atoms with Crippen LogP contribution in [0.5, 0.6) is 0 Å². The van der Waals surface area contributed by atoms with Gasteiger partial charge >= 0.3 is 0 Å². The van der Waals surface area contributed by atoms with E-state index in [4.69, 9.17) is 14.7 Å². The standard InChI is InChI=1S/C15H30N2O2/c1-15(2,14-16)8-4-5-9-17-10-6-7-11-19-13-12-18-3/h17H,4-13H2,1-3H3. The fourth-order valence-corrected chi connectivity index (χ4v) is 1.70. The minimum absolute atomic E-state index is 0.167. The summed E-state index contributed by atoms with van der Waals surface area (Å²) in [7, 11) is 1.69. The summed E-state index contributed by atoms with van der Waals surface area (Å²) in [5, 5.41) is 12.3. The van der Waals surface area contributed by atoms with Crippen molar-refractivity contribution < 1.29 is 9.47 Å². The van der Waals surface area contributed by atoms with E-state index in [9.17, 15) is 0 Å². The predicted octanol–water partition coefficient (Wildman–Crippen LogP) is 2.74. The van der Waals surface area contributed by atoms with Gasteiger partial charge in [-0.25, -0.2) is 0 Å². The van der Waals surface area contributed by atoms with Gasteiger partial charge in [-0.05, 0) is 52.6 Å². The highest BCUT2D eigenvalue weighted by Gasteiger charge is 2.14. The third-order valence-electron chi connectivity index (χ3n) is 3.03. The van der Waals surface area contributed by atoms with Crippen LogP contribution in [0.1, 0.15) is 46.0 Å². The van der Waals surface area contributed by atoms with Crippen molar-refractivity contribution in [1.29, 1.82) is 5.26 Å². The zero-order valence-corrected chi connectivity index (χ0v) is 12.8. The molecule has 0 atom stereocenters. The predicted molar refractivity (Wildman–Crippen MR) is 78.0 cm³/mol. The van der Waals surface area contributed by atoms with Crippen LogP contribution in [0.3, 0.4) is 0 Å². The molecule has 0 amide bonds. The number of hydrogen-bond donors (Lipinski definition) is 1. The number of unbranched alkanes of at least 4 members (excludes halogenated alkanes) is 2. The van der Waals surface area contributed by atoms with Crippen LogP contribution in [0.15, 0.2) is 0 Å². The maximum atomic E-state index is 8.89.